The van der Waals surface area contributed by atoms with Crippen LogP contribution in [0.5, 0.6) is 5.75 Å². The van der Waals surface area contributed by atoms with E-state index in [1.165, 1.54) is 18.2 Å². The number of ether oxygens (including phenoxy) is 1. The Balaban J connectivity index is 1.96. The van der Waals surface area contributed by atoms with E-state index >= 15 is 0 Å². The van der Waals surface area contributed by atoms with Gasteiger partial charge in [-0.05, 0) is 62.1 Å². The monoisotopic (exact) mass is 471 g/mol. The van der Waals surface area contributed by atoms with Gasteiger partial charge in [-0.1, -0.05) is 44.4 Å². The van der Waals surface area contributed by atoms with Crippen molar-refractivity contribution in [2.24, 2.45) is 0 Å². The van der Waals surface area contributed by atoms with Crippen LogP contribution in [0.2, 0.25) is 0 Å². The molecule has 0 radical (unpaired) electrons. The molecule has 1 heterocycles. The number of hydrogen-bond donors (Lipinski definition) is 1. The summed E-state index contributed by atoms with van der Waals surface area (Å²) in [5, 5.41) is 0.534. The number of nitrogens with one attached hydrogen (secondary N) is 1. The number of rotatable bonds is 9. The SMILES string of the molecule is CCCC[C@@H](NS(=O)(=O)c1ccc(C)cc1)C(=O)Oc1cc(C)cc2oc(=O)cc(CC)c12. The zero-order valence-electron chi connectivity index (χ0n) is 19.3. The topological polar surface area (TPSA) is 103 Å². The molecule has 1 N–H and O–H groups in total. The summed E-state index contributed by atoms with van der Waals surface area (Å²) in [5.41, 5.74) is 2.21. The molecule has 1 atom stereocenters. The van der Waals surface area contributed by atoms with Crippen molar-refractivity contribution in [1.29, 1.82) is 0 Å². The number of carbonyl (C=O) groups excluding carboxylic acids is 1. The standard InChI is InChI=1S/C25H29NO6S/c1-5-7-8-20(26-33(29,30)19-11-9-16(3)10-12-19)25(28)32-22-14-17(4)13-21-24(22)18(6-2)15-23(27)31-21/h9-15,20,26H,5-8H2,1-4H3/t20-/m1/s1. The third-order valence-electron chi connectivity index (χ3n) is 5.39. The molecular formula is C25H29NO6S. The van der Waals surface area contributed by atoms with Crippen LogP contribution >= 0.6 is 0 Å². The second-order valence-electron chi connectivity index (χ2n) is 8.13. The van der Waals surface area contributed by atoms with Gasteiger partial charge in [0.15, 0.2) is 0 Å². The smallest absolute Gasteiger partial charge is 0.336 e. The molecule has 0 amide bonds. The average Bonchev–Trinajstić information content (AvgIpc) is 2.75. The van der Waals surface area contributed by atoms with Crippen molar-refractivity contribution >= 4 is 27.0 Å². The lowest BCUT2D eigenvalue weighted by Gasteiger charge is -2.19. The largest absolute Gasteiger partial charge is 0.425 e. The van der Waals surface area contributed by atoms with Crippen molar-refractivity contribution in [3.05, 3.63) is 69.6 Å². The average molecular weight is 472 g/mol. The van der Waals surface area contributed by atoms with E-state index in [2.05, 4.69) is 4.72 Å². The third-order valence-corrected chi connectivity index (χ3v) is 6.87. The van der Waals surface area contributed by atoms with Gasteiger partial charge in [-0.3, -0.25) is 0 Å². The molecule has 0 fully saturated rings. The van der Waals surface area contributed by atoms with Crippen molar-refractivity contribution in [1.82, 2.24) is 4.72 Å². The number of sulfonamides is 1. The van der Waals surface area contributed by atoms with Crippen LogP contribution in [0, 0.1) is 13.8 Å². The Morgan fingerprint density at radius 1 is 1.06 bits per heavy atom. The maximum absolute atomic E-state index is 13.2. The Morgan fingerprint density at radius 2 is 1.76 bits per heavy atom. The first kappa shape index (κ1) is 24.7. The van der Waals surface area contributed by atoms with Crippen molar-refractivity contribution < 1.29 is 22.4 Å². The van der Waals surface area contributed by atoms with E-state index < -0.39 is 27.7 Å². The highest BCUT2D eigenvalue weighted by molar-refractivity contribution is 7.89. The van der Waals surface area contributed by atoms with E-state index in [4.69, 9.17) is 9.15 Å². The molecule has 0 spiro atoms. The minimum atomic E-state index is -3.92. The molecule has 0 aliphatic carbocycles. The first-order valence-corrected chi connectivity index (χ1v) is 12.5. The lowest BCUT2D eigenvalue weighted by molar-refractivity contribution is -0.136. The summed E-state index contributed by atoms with van der Waals surface area (Å²) in [4.78, 5) is 25.1. The van der Waals surface area contributed by atoms with Gasteiger partial charge in [-0.15, -0.1) is 0 Å². The number of hydrogen-bond acceptors (Lipinski definition) is 6. The summed E-state index contributed by atoms with van der Waals surface area (Å²) < 4.78 is 39.4. The van der Waals surface area contributed by atoms with E-state index in [1.54, 1.807) is 31.2 Å². The number of benzene rings is 2. The number of fused-ring (bicyclic) bond motifs is 1. The molecule has 176 valence electrons. The maximum Gasteiger partial charge on any atom is 0.336 e. The molecule has 0 aliphatic heterocycles. The highest BCUT2D eigenvalue weighted by atomic mass is 32.2. The van der Waals surface area contributed by atoms with E-state index in [0.717, 1.165) is 17.5 Å². The van der Waals surface area contributed by atoms with E-state index in [9.17, 15) is 18.0 Å². The quantitative estimate of drug-likeness (QED) is 0.282. The first-order valence-electron chi connectivity index (χ1n) is 11.0. The summed E-state index contributed by atoms with van der Waals surface area (Å²) in [5.74, 6) is -0.467. The Hall–Kier alpha value is -2.97. The van der Waals surface area contributed by atoms with Gasteiger partial charge in [0, 0.05) is 6.07 Å². The van der Waals surface area contributed by atoms with Crippen LogP contribution in [0.25, 0.3) is 11.0 Å². The number of unbranched alkanes of at least 4 members (excludes halogenated alkanes) is 1. The lowest BCUT2D eigenvalue weighted by atomic mass is 10.0. The fourth-order valence-corrected chi connectivity index (χ4v) is 4.83. The molecule has 2 aromatic carbocycles. The van der Waals surface area contributed by atoms with E-state index in [-0.39, 0.29) is 10.6 Å². The number of esters is 1. The predicted molar refractivity (Wildman–Crippen MR) is 127 cm³/mol. The first-order chi connectivity index (χ1) is 15.6. The lowest BCUT2D eigenvalue weighted by Crippen LogP contribution is -2.43. The van der Waals surface area contributed by atoms with E-state index in [1.807, 2.05) is 20.8 Å². The van der Waals surface area contributed by atoms with Crippen LogP contribution in [0.4, 0.5) is 0 Å². The second-order valence-corrected chi connectivity index (χ2v) is 9.84. The van der Waals surface area contributed by atoms with Gasteiger partial charge in [0.25, 0.3) is 0 Å². The van der Waals surface area contributed by atoms with Crippen molar-refractivity contribution in [2.75, 3.05) is 0 Å². The van der Waals surface area contributed by atoms with Gasteiger partial charge >= 0.3 is 11.6 Å². The van der Waals surface area contributed by atoms with Crippen LogP contribution in [-0.2, 0) is 21.2 Å². The zero-order valence-corrected chi connectivity index (χ0v) is 20.1. The molecule has 3 rings (SSSR count). The fourth-order valence-electron chi connectivity index (χ4n) is 3.61. The Bertz CT molecular complexity index is 1310. The summed E-state index contributed by atoms with van der Waals surface area (Å²) in [6.45, 7) is 7.51. The molecule has 0 aliphatic rings. The van der Waals surface area contributed by atoms with Gasteiger partial charge in [0.05, 0.1) is 10.3 Å². The minimum absolute atomic E-state index is 0.0819. The molecule has 0 bridgehead atoms. The van der Waals surface area contributed by atoms with Gasteiger partial charge in [-0.2, -0.15) is 4.72 Å². The Morgan fingerprint density at radius 3 is 2.39 bits per heavy atom. The highest BCUT2D eigenvalue weighted by Gasteiger charge is 2.28. The van der Waals surface area contributed by atoms with Crippen LogP contribution in [0.3, 0.4) is 0 Å². The van der Waals surface area contributed by atoms with Crippen LogP contribution in [0.15, 0.2) is 56.6 Å². The molecule has 0 saturated carbocycles. The van der Waals surface area contributed by atoms with Crippen LogP contribution in [0.1, 0.15) is 49.8 Å². The summed E-state index contributed by atoms with van der Waals surface area (Å²) >= 11 is 0. The van der Waals surface area contributed by atoms with E-state index in [0.29, 0.717) is 35.8 Å². The molecule has 0 unspecified atom stereocenters. The number of aryl methyl sites for hydroxylation is 3. The van der Waals surface area contributed by atoms with Crippen molar-refractivity contribution in [2.45, 2.75) is 64.3 Å². The molecule has 8 heteroatoms. The summed E-state index contributed by atoms with van der Waals surface area (Å²) in [6, 6.07) is 10.1. The minimum Gasteiger partial charge on any atom is -0.425 e. The highest BCUT2D eigenvalue weighted by Crippen LogP contribution is 2.30. The molecule has 33 heavy (non-hydrogen) atoms. The Kier molecular flexibility index (Phi) is 7.71. The second kappa shape index (κ2) is 10.3. The summed E-state index contributed by atoms with van der Waals surface area (Å²) in [6.07, 6.45) is 2.25. The molecular weight excluding hydrogens is 442 g/mol. The van der Waals surface area contributed by atoms with Crippen molar-refractivity contribution in [3.63, 3.8) is 0 Å². The summed E-state index contributed by atoms with van der Waals surface area (Å²) in [7, 11) is -3.92. The fraction of sp³-hybridized carbons (Fsp3) is 0.360. The van der Waals surface area contributed by atoms with Gasteiger partial charge in [0.2, 0.25) is 10.0 Å². The van der Waals surface area contributed by atoms with Crippen LogP contribution < -0.4 is 15.1 Å². The molecule has 3 aromatic rings. The Labute approximate surface area is 193 Å². The predicted octanol–water partition coefficient (Wildman–Crippen LogP) is 4.41. The zero-order chi connectivity index (χ0) is 24.2. The van der Waals surface area contributed by atoms with Gasteiger partial charge in [0.1, 0.15) is 17.4 Å². The maximum atomic E-state index is 13.2. The number of carbonyl (C=O) groups is 1. The normalized spacial score (nSPS) is 12.6. The van der Waals surface area contributed by atoms with Gasteiger partial charge in [-0.25, -0.2) is 18.0 Å². The van der Waals surface area contributed by atoms with Crippen LogP contribution in [-0.4, -0.2) is 20.4 Å². The molecule has 0 saturated heterocycles. The molecule has 7 nitrogen and oxygen atoms in total. The molecule has 1 aromatic heterocycles. The third kappa shape index (κ3) is 5.89. The van der Waals surface area contributed by atoms with Crippen molar-refractivity contribution in [3.8, 4) is 5.75 Å². The van der Waals surface area contributed by atoms with Gasteiger partial charge < -0.3 is 9.15 Å².